The van der Waals surface area contributed by atoms with E-state index < -0.39 is 0 Å². The number of benzene rings is 1. The fourth-order valence-corrected chi connectivity index (χ4v) is 2.61. The Morgan fingerprint density at radius 1 is 1.25 bits per heavy atom. The highest BCUT2D eigenvalue weighted by Crippen LogP contribution is 2.27. The van der Waals surface area contributed by atoms with Crippen LogP contribution in [0.5, 0.6) is 5.75 Å². The average molecular weight is 276 g/mol. The van der Waals surface area contributed by atoms with Gasteiger partial charge in [0.1, 0.15) is 11.6 Å². The van der Waals surface area contributed by atoms with Crippen LogP contribution < -0.4 is 15.4 Å². The van der Waals surface area contributed by atoms with E-state index in [-0.39, 0.29) is 5.84 Å². The van der Waals surface area contributed by atoms with E-state index in [1.54, 1.807) is 7.11 Å². The number of ether oxygens (including phenoxy) is 1. The van der Waals surface area contributed by atoms with Crippen LogP contribution in [0.4, 0.5) is 5.69 Å². The molecular weight excluding hydrogens is 252 g/mol. The summed E-state index contributed by atoms with van der Waals surface area (Å²) in [5.41, 5.74) is 7.48. The summed E-state index contributed by atoms with van der Waals surface area (Å²) in [6, 6.07) is 6.27. The molecule has 1 fully saturated rings. The van der Waals surface area contributed by atoms with Gasteiger partial charge in [0.15, 0.2) is 0 Å². The van der Waals surface area contributed by atoms with Crippen molar-refractivity contribution in [2.45, 2.75) is 19.9 Å². The van der Waals surface area contributed by atoms with Gasteiger partial charge < -0.3 is 15.4 Å². The first kappa shape index (κ1) is 14.7. The Hall–Kier alpha value is -1.75. The number of nitrogen functional groups attached to an aromatic ring is 1. The molecular formula is C15H24N4O. The highest BCUT2D eigenvalue weighted by molar-refractivity contribution is 6.00. The maximum atomic E-state index is 7.73. The van der Waals surface area contributed by atoms with E-state index in [1.807, 2.05) is 18.2 Å². The highest BCUT2D eigenvalue weighted by atomic mass is 16.5. The lowest BCUT2D eigenvalue weighted by Crippen LogP contribution is -2.49. The molecule has 1 aliphatic rings. The molecule has 110 valence electrons. The van der Waals surface area contributed by atoms with Crippen molar-refractivity contribution in [3.63, 3.8) is 0 Å². The number of rotatable bonds is 4. The monoisotopic (exact) mass is 276 g/mol. The zero-order chi connectivity index (χ0) is 14.7. The summed E-state index contributed by atoms with van der Waals surface area (Å²) in [5, 5.41) is 7.73. The summed E-state index contributed by atoms with van der Waals surface area (Å²) < 4.78 is 5.29. The van der Waals surface area contributed by atoms with Crippen LogP contribution in [0.25, 0.3) is 0 Å². The number of nitrogens with two attached hydrogens (primary N) is 1. The molecule has 0 aliphatic carbocycles. The minimum Gasteiger partial charge on any atom is -0.497 e. The molecule has 1 aromatic rings. The maximum absolute atomic E-state index is 7.73. The summed E-state index contributed by atoms with van der Waals surface area (Å²) in [5.74, 6) is 0.908. The SMILES string of the molecule is COc1ccc(C(=N)N)c(N2CCN(C(C)C)CC2)c1. The van der Waals surface area contributed by atoms with Crippen LogP contribution in [0.3, 0.4) is 0 Å². The van der Waals surface area contributed by atoms with Crippen molar-refractivity contribution >= 4 is 11.5 Å². The largest absolute Gasteiger partial charge is 0.497 e. The fourth-order valence-electron chi connectivity index (χ4n) is 2.61. The van der Waals surface area contributed by atoms with E-state index in [0.717, 1.165) is 43.2 Å². The van der Waals surface area contributed by atoms with E-state index in [9.17, 15) is 0 Å². The van der Waals surface area contributed by atoms with Crippen molar-refractivity contribution in [2.24, 2.45) is 5.73 Å². The van der Waals surface area contributed by atoms with Gasteiger partial charge in [-0.3, -0.25) is 10.3 Å². The van der Waals surface area contributed by atoms with Gasteiger partial charge in [0, 0.05) is 43.9 Å². The topological polar surface area (TPSA) is 65.6 Å². The minimum absolute atomic E-state index is 0.106. The number of nitrogens with zero attached hydrogens (tertiary/aromatic N) is 2. The van der Waals surface area contributed by atoms with Crippen molar-refractivity contribution < 1.29 is 4.74 Å². The van der Waals surface area contributed by atoms with Crippen LogP contribution in [0, 0.1) is 5.41 Å². The number of nitrogens with one attached hydrogen (secondary N) is 1. The minimum atomic E-state index is 0.106. The summed E-state index contributed by atoms with van der Waals surface area (Å²) >= 11 is 0. The molecule has 0 unspecified atom stereocenters. The van der Waals surface area contributed by atoms with Gasteiger partial charge in [-0.2, -0.15) is 0 Å². The second-order valence-electron chi connectivity index (χ2n) is 5.41. The number of methoxy groups -OCH3 is 1. The standard InChI is InChI=1S/C15H24N4O/c1-11(2)18-6-8-19(9-7-18)14-10-12(20-3)4-5-13(14)15(16)17/h4-5,10-11H,6-9H2,1-3H3,(H3,16,17). The molecule has 0 radical (unpaired) electrons. The van der Waals surface area contributed by atoms with Crippen LogP contribution in [0.15, 0.2) is 18.2 Å². The summed E-state index contributed by atoms with van der Waals surface area (Å²) in [6.45, 7) is 8.42. The molecule has 0 aromatic heterocycles. The predicted molar refractivity (Wildman–Crippen MR) is 82.9 cm³/mol. The van der Waals surface area contributed by atoms with Crippen LogP contribution in [-0.2, 0) is 0 Å². The number of hydrogen-bond acceptors (Lipinski definition) is 4. The molecule has 1 heterocycles. The second-order valence-corrected chi connectivity index (χ2v) is 5.41. The van der Waals surface area contributed by atoms with Gasteiger partial charge in [0.05, 0.1) is 12.8 Å². The van der Waals surface area contributed by atoms with E-state index in [0.29, 0.717) is 6.04 Å². The Labute approximate surface area is 120 Å². The predicted octanol–water partition coefficient (Wildman–Crippen LogP) is 1.51. The Morgan fingerprint density at radius 3 is 2.40 bits per heavy atom. The van der Waals surface area contributed by atoms with E-state index in [4.69, 9.17) is 15.9 Å². The average Bonchev–Trinajstić information content (AvgIpc) is 2.46. The highest BCUT2D eigenvalue weighted by Gasteiger charge is 2.21. The van der Waals surface area contributed by atoms with Crippen LogP contribution in [0.2, 0.25) is 0 Å². The van der Waals surface area contributed by atoms with Crippen molar-refractivity contribution in [3.8, 4) is 5.75 Å². The smallest absolute Gasteiger partial charge is 0.124 e. The number of amidine groups is 1. The zero-order valence-corrected chi connectivity index (χ0v) is 12.5. The second kappa shape index (κ2) is 6.13. The molecule has 0 spiro atoms. The fraction of sp³-hybridized carbons (Fsp3) is 0.533. The molecule has 5 heteroatoms. The molecule has 5 nitrogen and oxygen atoms in total. The quantitative estimate of drug-likeness (QED) is 0.646. The van der Waals surface area contributed by atoms with Crippen molar-refractivity contribution in [3.05, 3.63) is 23.8 Å². The molecule has 2 rings (SSSR count). The molecule has 0 amide bonds. The molecule has 20 heavy (non-hydrogen) atoms. The lowest BCUT2D eigenvalue weighted by Gasteiger charge is -2.38. The van der Waals surface area contributed by atoms with E-state index in [2.05, 4.69) is 23.6 Å². The molecule has 1 aromatic carbocycles. The van der Waals surface area contributed by atoms with Crippen molar-refractivity contribution in [1.29, 1.82) is 5.41 Å². The first-order valence-corrected chi connectivity index (χ1v) is 7.04. The Bertz CT molecular complexity index is 479. The third-order valence-corrected chi connectivity index (χ3v) is 3.88. The van der Waals surface area contributed by atoms with Gasteiger partial charge in [-0.1, -0.05) is 0 Å². The summed E-state index contributed by atoms with van der Waals surface area (Å²) in [6.07, 6.45) is 0. The summed E-state index contributed by atoms with van der Waals surface area (Å²) in [4.78, 5) is 4.75. The third kappa shape index (κ3) is 3.04. The van der Waals surface area contributed by atoms with Gasteiger partial charge in [-0.25, -0.2) is 0 Å². The third-order valence-electron chi connectivity index (χ3n) is 3.88. The summed E-state index contributed by atoms with van der Waals surface area (Å²) in [7, 11) is 1.66. The Kier molecular flexibility index (Phi) is 4.49. The molecule has 3 N–H and O–H groups in total. The van der Waals surface area contributed by atoms with Crippen molar-refractivity contribution in [1.82, 2.24) is 4.90 Å². The Morgan fingerprint density at radius 2 is 1.90 bits per heavy atom. The van der Waals surface area contributed by atoms with E-state index >= 15 is 0 Å². The van der Waals surface area contributed by atoms with Gasteiger partial charge in [-0.15, -0.1) is 0 Å². The molecule has 1 saturated heterocycles. The Balaban J connectivity index is 2.21. The van der Waals surface area contributed by atoms with E-state index in [1.165, 1.54) is 0 Å². The molecule has 1 aliphatic heterocycles. The van der Waals surface area contributed by atoms with Gasteiger partial charge >= 0.3 is 0 Å². The molecule has 0 saturated carbocycles. The van der Waals surface area contributed by atoms with Crippen LogP contribution in [-0.4, -0.2) is 50.1 Å². The molecule has 0 atom stereocenters. The van der Waals surface area contributed by atoms with Gasteiger partial charge in [0.25, 0.3) is 0 Å². The van der Waals surface area contributed by atoms with Crippen LogP contribution >= 0.6 is 0 Å². The van der Waals surface area contributed by atoms with Gasteiger partial charge in [0.2, 0.25) is 0 Å². The lowest BCUT2D eigenvalue weighted by molar-refractivity contribution is 0.209. The van der Waals surface area contributed by atoms with Gasteiger partial charge in [-0.05, 0) is 26.0 Å². The lowest BCUT2D eigenvalue weighted by atomic mass is 10.1. The molecule has 0 bridgehead atoms. The normalized spacial score (nSPS) is 16.5. The number of hydrogen-bond donors (Lipinski definition) is 2. The number of anilines is 1. The maximum Gasteiger partial charge on any atom is 0.124 e. The number of piperazine rings is 1. The zero-order valence-electron chi connectivity index (χ0n) is 12.5. The first-order chi connectivity index (χ1) is 9.52. The van der Waals surface area contributed by atoms with Crippen LogP contribution in [0.1, 0.15) is 19.4 Å². The first-order valence-electron chi connectivity index (χ1n) is 7.04. The van der Waals surface area contributed by atoms with Crippen molar-refractivity contribution in [2.75, 3.05) is 38.2 Å².